The second-order valence-electron chi connectivity index (χ2n) is 10.1. The van der Waals surface area contributed by atoms with E-state index in [9.17, 15) is 29.4 Å². The van der Waals surface area contributed by atoms with Crippen LogP contribution in [0.4, 0.5) is 32.3 Å². The summed E-state index contributed by atoms with van der Waals surface area (Å²) in [6.07, 6.45) is 2.57. The summed E-state index contributed by atoms with van der Waals surface area (Å²) in [7, 11) is 3.75. The standard InChI is InChI=1S/C28H29N5O7.ClH/c1-4-23-31(26(37)38)21-10-9-20-17-22(21)33(23,27(39)40)32(20)28(12-15-30(16-13-28)14-11-24(34)35)25(36)18-5-7-19(8-6-18)29(2)3;/h5-10,12-13,15-17,23H,4,11,14H2,1-3H3,(H2-,34,35,37,38,39,40);1H. The van der Waals surface area contributed by atoms with Crippen LogP contribution in [0.2, 0.25) is 0 Å². The Bertz CT molecular complexity index is 1460. The molecule has 2 unspecified atom stereocenters. The quantitative estimate of drug-likeness (QED) is 0.306. The lowest BCUT2D eigenvalue weighted by Crippen LogP contribution is -3.00. The molecule has 216 valence electrons. The van der Waals surface area contributed by atoms with Gasteiger partial charge in [0.05, 0.1) is 12.1 Å². The van der Waals surface area contributed by atoms with Gasteiger partial charge in [0.2, 0.25) is 11.9 Å². The topological polar surface area (TPSA) is 142 Å². The van der Waals surface area contributed by atoms with Gasteiger partial charge in [-0.1, -0.05) is 11.5 Å². The summed E-state index contributed by atoms with van der Waals surface area (Å²) in [5.74, 6) is -1.40. The molecule has 2 aromatic carbocycles. The fourth-order valence-corrected chi connectivity index (χ4v) is 5.93. The lowest BCUT2D eigenvalue weighted by atomic mass is 9.86. The molecule has 2 atom stereocenters. The van der Waals surface area contributed by atoms with Crippen molar-refractivity contribution in [3.63, 3.8) is 0 Å². The van der Waals surface area contributed by atoms with E-state index in [1.54, 1.807) is 78.8 Å². The maximum Gasteiger partial charge on any atom is 0.546 e. The maximum absolute atomic E-state index is 14.5. The number of carboxylic acid groups (broad SMARTS) is 3. The van der Waals surface area contributed by atoms with Gasteiger partial charge in [0.25, 0.3) is 0 Å². The molecule has 13 heteroatoms. The molecule has 0 spiro atoms. The fourth-order valence-electron chi connectivity index (χ4n) is 5.93. The zero-order valence-electron chi connectivity index (χ0n) is 22.6. The Balaban J connectivity index is 0.00000387. The Morgan fingerprint density at radius 2 is 1.61 bits per heavy atom. The maximum atomic E-state index is 14.5. The number of anilines is 3. The Labute approximate surface area is 242 Å². The van der Waals surface area contributed by atoms with Gasteiger partial charge in [-0.2, -0.15) is 9.80 Å². The Hall–Kier alpha value is -4.55. The summed E-state index contributed by atoms with van der Waals surface area (Å²) in [6, 6.07) is 11.7. The van der Waals surface area contributed by atoms with Gasteiger partial charge in [0, 0.05) is 56.8 Å². The second kappa shape index (κ2) is 10.5. The van der Waals surface area contributed by atoms with Crippen molar-refractivity contribution in [3.8, 4) is 0 Å². The van der Waals surface area contributed by atoms with Crippen molar-refractivity contribution >= 4 is 46.7 Å². The molecule has 2 aromatic rings. The molecule has 3 N–H and O–H groups in total. The average Bonchev–Trinajstić information content (AvgIpc) is 3.37. The molecule has 2 amide bonds. The number of quaternary nitrogens is 1. The third-order valence-electron chi connectivity index (χ3n) is 7.72. The van der Waals surface area contributed by atoms with Crippen molar-refractivity contribution in [2.75, 3.05) is 35.4 Å². The van der Waals surface area contributed by atoms with Gasteiger partial charge in [-0.25, -0.2) is 9.69 Å². The third-order valence-corrected chi connectivity index (χ3v) is 7.72. The van der Waals surface area contributed by atoms with E-state index in [1.807, 2.05) is 19.0 Å². The van der Waals surface area contributed by atoms with Crippen LogP contribution in [0.1, 0.15) is 30.1 Å². The number of rotatable bonds is 8. The molecular formula is C28H30ClN5O7. The van der Waals surface area contributed by atoms with Crippen LogP contribution in [0.25, 0.3) is 0 Å². The van der Waals surface area contributed by atoms with Crippen LogP contribution in [0.15, 0.2) is 67.0 Å². The van der Waals surface area contributed by atoms with E-state index in [1.165, 1.54) is 5.01 Å². The molecule has 5 rings (SSSR count). The first-order valence-corrected chi connectivity index (χ1v) is 12.8. The van der Waals surface area contributed by atoms with E-state index >= 15 is 0 Å². The Morgan fingerprint density at radius 3 is 2.12 bits per heavy atom. The van der Waals surface area contributed by atoms with Gasteiger partial charge < -0.3 is 37.5 Å². The minimum Gasteiger partial charge on any atom is -1.00 e. The smallest absolute Gasteiger partial charge is 0.546 e. The van der Waals surface area contributed by atoms with Crippen molar-refractivity contribution in [1.82, 2.24) is 9.49 Å². The molecule has 0 aromatic heterocycles. The first kappa shape index (κ1) is 29.4. The number of benzene rings is 2. The zero-order valence-corrected chi connectivity index (χ0v) is 23.4. The largest absolute Gasteiger partial charge is 1.00 e. The lowest BCUT2D eigenvalue weighted by Gasteiger charge is -2.48. The highest BCUT2D eigenvalue weighted by atomic mass is 35.5. The average molecular weight is 584 g/mol. The molecule has 0 fully saturated rings. The monoisotopic (exact) mass is 583 g/mol. The molecule has 3 aliphatic rings. The van der Waals surface area contributed by atoms with Gasteiger partial charge in [-0.15, -0.1) is 0 Å². The summed E-state index contributed by atoms with van der Waals surface area (Å²) in [4.78, 5) is 56.0. The van der Waals surface area contributed by atoms with Crippen molar-refractivity contribution in [2.45, 2.75) is 31.5 Å². The SMILES string of the molecule is CCC1N(C(=O)O)c2ccc3cc2[N+]1(C(=O)O)N3C1(C(=O)c2ccc(N(C)C)cc2)C=CN(CCC(=O)O)C=C1.[Cl-]. The van der Waals surface area contributed by atoms with Crippen molar-refractivity contribution in [3.05, 3.63) is 72.6 Å². The fraction of sp³-hybridized carbons (Fsp3) is 0.286. The summed E-state index contributed by atoms with van der Waals surface area (Å²) >= 11 is 0. The number of nitrogens with zero attached hydrogens (tertiary/aromatic N) is 5. The number of Topliss-reactive ketones (excluding diaryl/α,β-unsaturated/α-hetero) is 1. The van der Waals surface area contributed by atoms with E-state index < -0.39 is 40.2 Å². The summed E-state index contributed by atoms with van der Waals surface area (Å²) in [5, 5.41) is 31.6. The molecule has 3 aliphatic heterocycles. The van der Waals surface area contributed by atoms with Gasteiger partial charge in [-0.3, -0.25) is 9.59 Å². The normalized spacial score (nSPS) is 21.0. The minimum atomic E-state index is -1.69. The zero-order chi connectivity index (χ0) is 29.0. The van der Waals surface area contributed by atoms with Gasteiger partial charge in [-0.05, 0) is 48.6 Å². The van der Waals surface area contributed by atoms with E-state index in [0.717, 1.165) is 10.6 Å². The number of hydrogen-bond donors (Lipinski definition) is 3. The summed E-state index contributed by atoms with van der Waals surface area (Å²) in [5.41, 5.74) is 0.449. The van der Waals surface area contributed by atoms with Crippen molar-refractivity contribution in [2.24, 2.45) is 0 Å². The van der Waals surface area contributed by atoms with Crippen LogP contribution < -0.4 is 31.8 Å². The van der Waals surface area contributed by atoms with E-state index in [0.29, 0.717) is 11.3 Å². The van der Waals surface area contributed by atoms with Crippen LogP contribution in [-0.2, 0) is 4.79 Å². The number of hydrogen-bond acceptors (Lipinski definition) is 7. The number of ketones is 1. The molecule has 3 heterocycles. The van der Waals surface area contributed by atoms with Gasteiger partial charge in [0.1, 0.15) is 5.69 Å². The minimum absolute atomic E-state index is 0. The number of carbonyl (C=O) groups excluding carboxylic acids is 1. The summed E-state index contributed by atoms with van der Waals surface area (Å²) < 4.78 is -0.925. The number of aliphatic carboxylic acids is 1. The molecule has 12 nitrogen and oxygen atoms in total. The van der Waals surface area contributed by atoms with E-state index in [-0.39, 0.29) is 43.2 Å². The third kappa shape index (κ3) is 4.18. The molecular weight excluding hydrogens is 554 g/mol. The van der Waals surface area contributed by atoms with Crippen molar-refractivity contribution in [1.29, 1.82) is 0 Å². The first-order valence-electron chi connectivity index (χ1n) is 12.8. The first-order chi connectivity index (χ1) is 19.0. The lowest BCUT2D eigenvalue weighted by molar-refractivity contribution is -0.137. The molecule has 41 heavy (non-hydrogen) atoms. The van der Waals surface area contributed by atoms with Crippen LogP contribution in [-0.4, -0.2) is 76.5 Å². The Morgan fingerprint density at radius 1 is 0.976 bits per heavy atom. The molecule has 0 saturated carbocycles. The van der Waals surface area contributed by atoms with Crippen LogP contribution in [0.3, 0.4) is 0 Å². The van der Waals surface area contributed by atoms with Crippen LogP contribution in [0.5, 0.6) is 0 Å². The highest BCUT2D eigenvalue weighted by molar-refractivity contribution is 6.13. The van der Waals surface area contributed by atoms with E-state index in [4.69, 9.17) is 5.11 Å². The highest BCUT2D eigenvalue weighted by Gasteiger charge is 2.70. The number of halogens is 1. The van der Waals surface area contributed by atoms with Gasteiger partial charge in [0.15, 0.2) is 11.2 Å². The number of fused-ring (bicyclic) bond motifs is 1. The Kier molecular flexibility index (Phi) is 7.50. The predicted octanol–water partition coefficient (Wildman–Crippen LogP) is 1.15. The number of carbonyl (C=O) groups is 4. The number of carboxylic acids is 1. The molecule has 2 bridgehead atoms. The molecule has 0 aliphatic carbocycles. The van der Waals surface area contributed by atoms with Crippen molar-refractivity contribution < 1.29 is 46.9 Å². The summed E-state index contributed by atoms with van der Waals surface area (Å²) in [6.45, 7) is 1.85. The second-order valence-corrected chi connectivity index (χ2v) is 10.1. The molecule has 0 radical (unpaired) electrons. The van der Waals surface area contributed by atoms with E-state index in [2.05, 4.69) is 0 Å². The van der Waals surface area contributed by atoms with Crippen LogP contribution >= 0.6 is 0 Å². The van der Waals surface area contributed by atoms with Crippen LogP contribution in [0, 0.1) is 0 Å². The predicted molar refractivity (Wildman–Crippen MR) is 148 cm³/mol. The highest BCUT2D eigenvalue weighted by Crippen LogP contribution is 2.57. The molecule has 0 saturated heterocycles. The van der Waals surface area contributed by atoms with Gasteiger partial charge >= 0.3 is 18.2 Å². The number of amides is 2.